The second-order valence-electron chi connectivity index (χ2n) is 3.36. The molecule has 6 heteroatoms. The van der Waals surface area contributed by atoms with Crippen molar-refractivity contribution in [2.45, 2.75) is 25.5 Å². The lowest BCUT2D eigenvalue weighted by Gasteiger charge is -2.21. The maximum atomic E-state index is 11.1. The Morgan fingerprint density at radius 1 is 1.67 bits per heavy atom. The molecule has 0 bridgehead atoms. The van der Waals surface area contributed by atoms with Crippen molar-refractivity contribution in [3.8, 4) is 0 Å². The third kappa shape index (κ3) is 2.15. The van der Waals surface area contributed by atoms with E-state index in [0.29, 0.717) is 0 Å². The van der Waals surface area contributed by atoms with E-state index >= 15 is 0 Å². The molecule has 82 valence electrons. The van der Waals surface area contributed by atoms with Crippen LogP contribution in [0.3, 0.4) is 0 Å². The first-order valence-corrected chi connectivity index (χ1v) is 4.92. The summed E-state index contributed by atoms with van der Waals surface area (Å²) in [5.41, 5.74) is 0. The molecule has 0 aliphatic carbocycles. The lowest BCUT2D eigenvalue weighted by Crippen LogP contribution is -2.19. The number of esters is 1. The molecule has 2 heterocycles. The van der Waals surface area contributed by atoms with Crippen LogP contribution in [-0.4, -0.2) is 34.5 Å². The minimum atomic E-state index is -0.524. The fraction of sp³-hybridized carbons (Fsp3) is 0.667. The maximum absolute atomic E-state index is 11.1. The van der Waals surface area contributed by atoms with Crippen molar-refractivity contribution in [3.63, 3.8) is 0 Å². The van der Waals surface area contributed by atoms with Crippen LogP contribution >= 0.6 is 0 Å². The van der Waals surface area contributed by atoms with Crippen LogP contribution in [0.1, 0.15) is 36.1 Å². The molecule has 0 radical (unpaired) electrons. The molecular formula is C9H13N3O3. The van der Waals surface area contributed by atoms with Crippen molar-refractivity contribution in [2.24, 2.45) is 0 Å². The van der Waals surface area contributed by atoms with Crippen molar-refractivity contribution in [1.82, 2.24) is 14.8 Å². The van der Waals surface area contributed by atoms with Crippen molar-refractivity contribution < 1.29 is 14.3 Å². The third-order valence-electron chi connectivity index (χ3n) is 2.33. The van der Waals surface area contributed by atoms with E-state index < -0.39 is 5.97 Å². The van der Waals surface area contributed by atoms with Crippen molar-refractivity contribution in [3.05, 3.63) is 12.2 Å². The van der Waals surface area contributed by atoms with Crippen LogP contribution in [0.5, 0.6) is 0 Å². The first-order chi connectivity index (χ1) is 7.31. The molecule has 1 fully saturated rings. The Labute approximate surface area is 87.2 Å². The normalized spacial score (nSPS) is 21.3. The molecule has 1 aliphatic rings. The highest BCUT2D eigenvalue weighted by Crippen LogP contribution is 2.20. The number of hydrogen-bond acceptors (Lipinski definition) is 5. The second kappa shape index (κ2) is 4.39. The highest BCUT2D eigenvalue weighted by atomic mass is 16.5. The smallest absolute Gasteiger partial charge is 0.377 e. The van der Waals surface area contributed by atoms with Crippen molar-refractivity contribution >= 4 is 5.97 Å². The maximum Gasteiger partial charge on any atom is 0.377 e. The summed E-state index contributed by atoms with van der Waals surface area (Å²) in [6.45, 7) is 0.734. The fourth-order valence-electron chi connectivity index (χ4n) is 1.53. The molecule has 1 aliphatic heterocycles. The topological polar surface area (TPSA) is 66.2 Å². The van der Waals surface area contributed by atoms with Crippen LogP contribution in [0, 0.1) is 0 Å². The summed E-state index contributed by atoms with van der Waals surface area (Å²) in [5.74, 6) is -0.448. The molecule has 0 aromatic carbocycles. The Kier molecular flexibility index (Phi) is 2.96. The minimum Gasteiger partial charge on any atom is -0.463 e. The lowest BCUT2D eigenvalue weighted by molar-refractivity contribution is -0.0398. The Morgan fingerprint density at radius 2 is 2.53 bits per heavy atom. The van der Waals surface area contributed by atoms with Crippen molar-refractivity contribution in [1.29, 1.82) is 0 Å². The number of carbonyl (C=O) groups is 1. The molecule has 1 aromatic heterocycles. The van der Waals surface area contributed by atoms with Gasteiger partial charge in [0.05, 0.1) is 7.11 Å². The van der Waals surface area contributed by atoms with Crippen LogP contribution < -0.4 is 0 Å². The molecule has 0 N–H and O–H groups in total. The van der Waals surface area contributed by atoms with Crippen LogP contribution in [0.4, 0.5) is 0 Å². The highest BCUT2D eigenvalue weighted by Gasteiger charge is 2.19. The van der Waals surface area contributed by atoms with Gasteiger partial charge in [-0.25, -0.2) is 14.5 Å². The summed E-state index contributed by atoms with van der Waals surface area (Å²) >= 11 is 0. The molecular weight excluding hydrogens is 198 g/mol. The summed E-state index contributed by atoms with van der Waals surface area (Å²) in [6.07, 6.45) is 4.50. The highest BCUT2D eigenvalue weighted by molar-refractivity contribution is 5.84. The summed E-state index contributed by atoms with van der Waals surface area (Å²) in [7, 11) is 1.31. The molecule has 15 heavy (non-hydrogen) atoms. The fourth-order valence-corrected chi connectivity index (χ4v) is 1.53. The lowest BCUT2D eigenvalue weighted by atomic mass is 10.2. The van der Waals surface area contributed by atoms with Gasteiger partial charge in [0.2, 0.25) is 0 Å². The summed E-state index contributed by atoms with van der Waals surface area (Å²) in [5, 5.41) is 4.01. The molecule has 0 saturated carbocycles. The zero-order valence-electron chi connectivity index (χ0n) is 8.55. The molecule has 1 saturated heterocycles. The van der Waals surface area contributed by atoms with Gasteiger partial charge in [0, 0.05) is 6.61 Å². The van der Waals surface area contributed by atoms with Gasteiger partial charge in [-0.15, -0.1) is 5.10 Å². The van der Waals surface area contributed by atoms with Gasteiger partial charge in [-0.3, -0.25) is 0 Å². The SMILES string of the molecule is COC(=O)c1ncn(C2CCCCO2)n1. The van der Waals surface area contributed by atoms with Gasteiger partial charge < -0.3 is 9.47 Å². The van der Waals surface area contributed by atoms with E-state index in [2.05, 4.69) is 14.8 Å². The van der Waals surface area contributed by atoms with Gasteiger partial charge >= 0.3 is 5.97 Å². The summed E-state index contributed by atoms with van der Waals surface area (Å²) < 4.78 is 11.6. The number of carbonyl (C=O) groups excluding carboxylic acids is 1. The van der Waals surface area contributed by atoms with E-state index in [1.807, 2.05) is 0 Å². The Bertz CT molecular complexity index is 344. The minimum absolute atomic E-state index is 0.0756. The number of ether oxygens (including phenoxy) is 2. The first kappa shape index (κ1) is 10.1. The van der Waals surface area contributed by atoms with Crippen LogP contribution in [0.25, 0.3) is 0 Å². The third-order valence-corrected chi connectivity index (χ3v) is 2.33. The molecule has 2 rings (SSSR count). The largest absolute Gasteiger partial charge is 0.463 e. The average molecular weight is 211 g/mol. The summed E-state index contributed by atoms with van der Waals surface area (Å²) in [6, 6.07) is 0. The van der Waals surface area contributed by atoms with E-state index in [1.165, 1.54) is 13.4 Å². The van der Waals surface area contributed by atoms with E-state index in [1.54, 1.807) is 4.68 Å². The molecule has 6 nitrogen and oxygen atoms in total. The van der Waals surface area contributed by atoms with Gasteiger partial charge in [0.25, 0.3) is 5.82 Å². The first-order valence-electron chi connectivity index (χ1n) is 4.92. The van der Waals surface area contributed by atoms with Gasteiger partial charge in [0.15, 0.2) is 6.23 Å². The van der Waals surface area contributed by atoms with E-state index in [4.69, 9.17) is 4.74 Å². The van der Waals surface area contributed by atoms with Gasteiger partial charge in [-0.05, 0) is 19.3 Å². The van der Waals surface area contributed by atoms with Crippen molar-refractivity contribution in [2.75, 3.05) is 13.7 Å². The van der Waals surface area contributed by atoms with Gasteiger partial charge in [-0.1, -0.05) is 0 Å². The van der Waals surface area contributed by atoms with E-state index in [-0.39, 0.29) is 12.1 Å². The monoisotopic (exact) mass is 211 g/mol. The zero-order chi connectivity index (χ0) is 10.7. The van der Waals surface area contributed by atoms with Gasteiger partial charge in [0.1, 0.15) is 6.33 Å². The van der Waals surface area contributed by atoms with Crippen LogP contribution in [-0.2, 0) is 9.47 Å². The predicted octanol–water partition coefficient (Wildman–Crippen LogP) is 0.764. The molecule has 1 atom stereocenters. The number of rotatable bonds is 2. The van der Waals surface area contributed by atoms with E-state index in [0.717, 1.165) is 25.9 Å². The van der Waals surface area contributed by atoms with E-state index in [9.17, 15) is 4.79 Å². The predicted molar refractivity (Wildman–Crippen MR) is 50.2 cm³/mol. The van der Waals surface area contributed by atoms with Gasteiger partial charge in [-0.2, -0.15) is 0 Å². The number of methoxy groups -OCH3 is 1. The standard InChI is InChI=1S/C9H13N3O3/c1-14-9(13)8-10-6-12(11-8)7-4-2-3-5-15-7/h6-7H,2-5H2,1H3. The number of nitrogens with zero attached hydrogens (tertiary/aromatic N) is 3. The Morgan fingerprint density at radius 3 is 3.20 bits per heavy atom. The zero-order valence-corrected chi connectivity index (χ0v) is 8.55. The second-order valence-corrected chi connectivity index (χ2v) is 3.36. The molecule has 0 amide bonds. The number of hydrogen-bond donors (Lipinski definition) is 0. The average Bonchev–Trinajstić information content (AvgIpc) is 2.78. The Balaban J connectivity index is 2.08. The molecule has 1 unspecified atom stereocenters. The molecule has 0 spiro atoms. The van der Waals surface area contributed by atoms with Crippen LogP contribution in [0.15, 0.2) is 6.33 Å². The molecule has 1 aromatic rings. The number of aromatic nitrogens is 3. The Hall–Kier alpha value is -1.43. The summed E-state index contributed by atoms with van der Waals surface area (Å²) in [4.78, 5) is 15.0. The van der Waals surface area contributed by atoms with Crippen LogP contribution in [0.2, 0.25) is 0 Å². The quantitative estimate of drug-likeness (QED) is 0.676.